The van der Waals surface area contributed by atoms with Gasteiger partial charge in [-0.1, -0.05) is 6.07 Å². The van der Waals surface area contributed by atoms with E-state index in [0.717, 1.165) is 5.69 Å². The third-order valence-electron chi connectivity index (χ3n) is 5.34. The second kappa shape index (κ2) is 8.86. The zero-order valence-corrected chi connectivity index (χ0v) is 16.9. The first-order valence-electron chi connectivity index (χ1n) is 10.0. The average Bonchev–Trinajstić information content (AvgIpc) is 3.15. The Balaban J connectivity index is 1.30. The Morgan fingerprint density at radius 1 is 0.839 bits per heavy atom. The molecule has 4 heterocycles. The van der Waals surface area contributed by atoms with Crippen molar-refractivity contribution in [2.75, 3.05) is 26.2 Å². The largest absolute Gasteiger partial charge is 0.494 e. The van der Waals surface area contributed by atoms with E-state index in [1.807, 2.05) is 18.2 Å². The van der Waals surface area contributed by atoms with Crippen LogP contribution in [0.4, 0.5) is 0 Å². The Bertz CT molecular complexity index is 1040. The fourth-order valence-electron chi connectivity index (χ4n) is 3.57. The van der Waals surface area contributed by atoms with Crippen molar-refractivity contribution in [3.63, 3.8) is 0 Å². The lowest BCUT2D eigenvalue weighted by atomic mass is 10.2. The SMILES string of the molecule is O=C(CCn1c(O)ccc1O)N1CCN(C(=O)c2ccc(-c3ccccn3)nc2)CC1. The summed E-state index contributed by atoms with van der Waals surface area (Å²) in [5.74, 6) is -0.359. The molecule has 2 N–H and O–H groups in total. The number of piperazine rings is 1. The molecule has 0 aromatic carbocycles. The van der Waals surface area contributed by atoms with Gasteiger partial charge in [0.1, 0.15) is 0 Å². The number of hydrogen-bond donors (Lipinski definition) is 2. The van der Waals surface area contributed by atoms with Crippen LogP contribution in [0.25, 0.3) is 11.4 Å². The molecular formula is C22H23N5O4. The van der Waals surface area contributed by atoms with E-state index in [2.05, 4.69) is 9.97 Å². The van der Waals surface area contributed by atoms with Crippen LogP contribution in [0.3, 0.4) is 0 Å². The standard InChI is InChI=1S/C22H23N5O4/c28-19(8-10-27-20(29)6-7-21(27)30)25-11-13-26(14-12-25)22(31)16-4-5-18(24-15-16)17-3-1-2-9-23-17/h1-7,9,15,29-30H,8,10-14H2. The number of aromatic hydroxyl groups is 2. The van der Waals surface area contributed by atoms with E-state index in [4.69, 9.17) is 0 Å². The maximum Gasteiger partial charge on any atom is 0.255 e. The minimum atomic E-state index is -0.116. The lowest BCUT2D eigenvalue weighted by Crippen LogP contribution is -2.50. The highest BCUT2D eigenvalue weighted by Crippen LogP contribution is 2.21. The summed E-state index contributed by atoms with van der Waals surface area (Å²) in [5.41, 5.74) is 1.94. The Hall–Kier alpha value is -3.88. The molecule has 0 radical (unpaired) electrons. The van der Waals surface area contributed by atoms with Gasteiger partial charge in [0.05, 0.1) is 17.0 Å². The van der Waals surface area contributed by atoms with Gasteiger partial charge in [0.25, 0.3) is 5.91 Å². The van der Waals surface area contributed by atoms with Crippen molar-refractivity contribution in [3.8, 4) is 23.1 Å². The summed E-state index contributed by atoms with van der Waals surface area (Å²) >= 11 is 0. The molecule has 2 amide bonds. The van der Waals surface area contributed by atoms with Crippen LogP contribution in [-0.4, -0.2) is 72.5 Å². The van der Waals surface area contributed by atoms with Gasteiger partial charge in [0.2, 0.25) is 5.91 Å². The number of pyridine rings is 2. The number of hydrogen-bond acceptors (Lipinski definition) is 6. The van der Waals surface area contributed by atoms with Gasteiger partial charge < -0.3 is 20.0 Å². The van der Waals surface area contributed by atoms with Crippen molar-refractivity contribution >= 4 is 11.8 Å². The van der Waals surface area contributed by atoms with Crippen LogP contribution in [0, 0.1) is 0 Å². The normalized spacial score (nSPS) is 13.9. The van der Waals surface area contributed by atoms with Crippen molar-refractivity contribution in [1.29, 1.82) is 0 Å². The van der Waals surface area contributed by atoms with Crippen LogP contribution in [0.1, 0.15) is 16.8 Å². The topological polar surface area (TPSA) is 112 Å². The first-order valence-corrected chi connectivity index (χ1v) is 10.0. The fraction of sp³-hybridized carbons (Fsp3) is 0.273. The highest BCUT2D eigenvalue weighted by molar-refractivity contribution is 5.94. The maximum atomic E-state index is 12.8. The summed E-state index contributed by atoms with van der Waals surface area (Å²) in [6, 6.07) is 11.9. The Kier molecular flexibility index (Phi) is 5.83. The first-order chi connectivity index (χ1) is 15.0. The third kappa shape index (κ3) is 4.50. The molecule has 160 valence electrons. The summed E-state index contributed by atoms with van der Waals surface area (Å²) in [6.45, 7) is 1.94. The van der Waals surface area contributed by atoms with Gasteiger partial charge in [0.15, 0.2) is 11.8 Å². The third-order valence-corrected chi connectivity index (χ3v) is 5.34. The van der Waals surface area contributed by atoms with Crippen LogP contribution >= 0.6 is 0 Å². The van der Waals surface area contributed by atoms with Gasteiger partial charge in [-0.15, -0.1) is 0 Å². The van der Waals surface area contributed by atoms with E-state index in [0.29, 0.717) is 37.4 Å². The smallest absolute Gasteiger partial charge is 0.255 e. The predicted molar refractivity (Wildman–Crippen MR) is 112 cm³/mol. The molecule has 9 heteroatoms. The van der Waals surface area contributed by atoms with Crippen molar-refractivity contribution in [3.05, 3.63) is 60.4 Å². The van der Waals surface area contributed by atoms with Gasteiger partial charge in [0, 0.05) is 63.7 Å². The van der Waals surface area contributed by atoms with Gasteiger partial charge in [-0.05, 0) is 24.3 Å². The van der Waals surface area contributed by atoms with E-state index < -0.39 is 0 Å². The maximum absolute atomic E-state index is 12.8. The zero-order valence-electron chi connectivity index (χ0n) is 16.9. The van der Waals surface area contributed by atoms with Crippen molar-refractivity contribution in [2.24, 2.45) is 0 Å². The monoisotopic (exact) mass is 421 g/mol. The van der Waals surface area contributed by atoms with E-state index in [1.165, 1.54) is 16.7 Å². The van der Waals surface area contributed by atoms with E-state index >= 15 is 0 Å². The number of aromatic nitrogens is 3. The molecule has 9 nitrogen and oxygen atoms in total. The lowest BCUT2D eigenvalue weighted by molar-refractivity contribution is -0.132. The summed E-state index contributed by atoms with van der Waals surface area (Å²) < 4.78 is 1.28. The summed E-state index contributed by atoms with van der Waals surface area (Å²) in [4.78, 5) is 37.3. The molecule has 0 saturated carbocycles. The Morgan fingerprint density at radius 2 is 1.52 bits per heavy atom. The van der Waals surface area contributed by atoms with E-state index in [-0.39, 0.29) is 36.5 Å². The molecule has 3 aromatic rings. The second-order valence-electron chi connectivity index (χ2n) is 7.27. The predicted octanol–water partition coefficient (Wildman–Crippen LogP) is 1.73. The van der Waals surface area contributed by atoms with Crippen molar-refractivity contribution in [1.82, 2.24) is 24.3 Å². The number of carbonyl (C=O) groups excluding carboxylic acids is 2. The minimum Gasteiger partial charge on any atom is -0.494 e. The molecule has 1 aliphatic heterocycles. The van der Waals surface area contributed by atoms with Crippen LogP contribution in [0.15, 0.2) is 54.9 Å². The lowest BCUT2D eigenvalue weighted by Gasteiger charge is -2.35. The minimum absolute atomic E-state index is 0.0802. The molecule has 31 heavy (non-hydrogen) atoms. The van der Waals surface area contributed by atoms with Crippen LogP contribution in [0.5, 0.6) is 11.8 Å². The molecule has 3 aromatic heterocycles. The van der Waals surface area contributed by atoms with Crippen molar-refractivity contribution < 1.29 is 19.8 Å². The number of nitrogens with zero attached hydrogens (tertiary/aromatic N) is 5. The Morgan fingerprint density at radius 3 is 2.13 bits per heavy atom. The second-order valence-corrected chi connectivity index (χ2v) is 7.27. The molecule has 1 fully saturated rings. The average molecular weight is 421 g/mol. The van der Waals surface area contributed by atoms with Gasteiger partial charge in [-0.3, -0.25) is 24.1 Å². The summed E-state index contributed by atoms with van der Waals surface area (Å²) in [6.07, 6.45) is 3.41. The van der Waals surface area contributed by atoms with Gasteiger partial charge >= 0.3 is 0 Å². The molecule has 1 aliphatic rings. The quantitative estimate of drug-likeness (QED) is 0.649. The van der Waals surface area contributed by atoms with E-state index in [1.54, 1.807) is 34.3 Å². The summed E-state index contributed by atoms with van der Waals surface area (Å²) in [5, 5.41) is 19.3. The molecule has 1 saturated heterocycles. The van der Waals surface area contributed by atoms with Crippen LogP contribution in [-0.2, 0) is 11.3 Å². The van der Waals surface area contributed by atoms with Crippen LogP contribution < -0.4 is 0 Å². The van der Waals surface area contributed by atoms with Gasteiger partial charge in [-0.2, -0.15) is 0 Å². The first kappa shape index (κ1) is 20.4. The molecule has 0 aliphatic carbocycles. The Labute approximate surface area is 179 Å². The molecule has 4 rings (SSSR count). The highest BCUT2D eigenvalue weighted by atomic mass is 16.3. The summed E-state index contributed by atoms with van der Waals surface area (Å²) in [7, 11) is 0. The fourth-order valence-corrected chi connectivity index (χ4v) is 3.57. The van der Waals surface area contributed by atoms with E-state index in [9.17, 15) is 19.8 Å². The number of amides is 2. The number of carbonyl (C=O) groups is 2. The molecular weight excluding hydrogens is 398 g/mol. The van der Waals surface area contributed by atoms with Gasteiger partial charge in [-0.25, -0.2) is 0 Å². The molecule has 0 atom stereocenters. The zero-order chi connectivity index (χ0) is 21.8. The van der Waals surface area contributed by atoms with Crippen molar-refractivity contribution in [2.45, 2.75) is 13.0 Å². The number of rotatable bonds is 5. The van der Waals surface area contributed by atoms with Crippen LogP contribution in [0.2, 0.25) is 0 Å². The highest BCUT2D eigenvalue weighted by Gasteiger charge is 2.25. The molecule has 0 unspecified atom stereocenters. The molecule has 0 spiro atoms. The molecule has 0 bridgehead atoms.